The quantitative estimate of drug-likeness (QED) is 0.126. The molecule has 0 spiro atoms. The number of piperidine rings is 2. The van der Waals surface area contributed by atoms with Crippen molar-refractivity contribution >= 4 is 35.0 Å². The summed E-state index contributed by atoms with van der Waals surface area (Å²) in [7, 11) is 2.63. The lowest BCUT2D eigenvalue weighted by molar-refractivity contribution is -0.138. The van der Waals surface area contributed by atoms with Gasteiger partial charge < -0.3 is 49.3 Å². The molecule has 3 aromatic heterocycles. The topological polar surface area (TPSA) is 219 Å². The van der Waals surface area contributed by atoms with Crippen molar-refractivity contribution < 1.29 is 38.1 Å². The fourth-order valence-corrected chi connectivity index (χ4v) is 11.0. The Kier molecular flexibility index (Phi) is 11.2. The summed E-state index contributed by atoms with van der Waals surface area (Å²) in [6.07, 6.45) is 10.4. The number of benzene rings is 2. The van der Waals surface area contributed by atoms with Gasteiger partial charge in [0.2, 0.25) is 11.8 Å². The van der Waals surface area contributed by atoms with Gasteiger partial charge in [-0.25, -0.2) is 24.5 Å². The molecule has 2 aliphatic carbocycles. The average molecular weight is 899 g/mol. The minimum Gasteiger partial charge on any atom is -0.453 e. The number of nitrogens with one attached hydrogen (secondary N) is 4. The normalized spacial score (nSPS) is 25.7. The van der Waals surface area contributed by atoms with Crippen molar-refractivity contribution in [1.29, 1.82) is 0 Å². The number of alkyl carbamates (subject to hydrolysis) is 2. The number of hydrogen-bond donors (Lipinski definition) is 4. The summed E-state index contributed by atoms with van der Waals surface area (Å²) in [5, 5.41) is 5.69. The van der Waals surface area contributed by atoms with Crippen LogP contribution in [0.5, 0.6) is 0 Å². The third-order valence-corrected chi connectivity index (χ3v) is 14.8. The first-order valence-corrected chi connectivity index (χ1v) is 23.2. The van der Waals surface area contributed by atoms with Crippen molar-refractivity contribution in [1.82, 2.24) is 50.3 Å². The smallest absolute Gasteiger partial charge is 0.407 e. The van der Waals surface area contributed by atoms with Gasteiger partial charge >= 0.3 is 12.2 Å². The van der Waals surface area contributed by atoms with Gasteiger partial charge in [-0.1, -0.05) is 30.3 Å². The zero-order chi connectivity index (χ0) is 45.1. The maximum atomic E-state index is 14.2. The SMILES string of the molecule is COC(=O)N[C@H](C(=O)N1[C@@H]2C[C@@H]2C[C@H]1c1ncc(-c2ccc(-c3ccc4nc(-c5cnc([C@@H]6C[C@H]7C[C@H]7N6C(=O)[C@@H](NC(=O)OC)C6CCOCC6)[nH]5)cnc4c3)cc2)[nH]1)C1CCOCC1. The molecule has 18 nitrogen and oxygen atoms in total. The molecule has 11 rings (SSSR count). The monoisotopic (exact) mass is 898 g/mol. The van der Waals surface area contributed by atoms with E-state index in [1.807, 2.05) is 34.2 Å². The predicted octanol–water partition coefficient (Wildman–Crippen LogP) is 5.70. The second-order valence-corrected chi connectivity index (χ2v) is 18.6. The lowest BCUT2D eigenvalue weighted by Crippen LogP contribution is -2.54. The summed E-state index contributed by atoms with van der Waals surface area (Å²) in [6.45, 7) is 2.22. The Balaban J connectivity index is 0.768. The first-order chi connectivity index (χ1) is 32.2. The number of aromatic amines is 2. The van der Waals surface area contributed by atoms with Gasteiger partial charge in [-0.3, -0.25) is 14.6 Å². The van der Waals surface area contributed by atoms with Gasteiger partial charge in [-0.2, -0.15) is 0 Å². The lowest BCUT2D eigenvalue weighted by Gasteiger charge is -2.35. The molecule has 0 radical (unpaired) electrons. The van der Waals surface area contributed by atoms with E-state index >= 15 is 0 Å². The molecule has 8 atom stereocenters. The van der Waals surface area contributed by atoms with Crippen LogP contribution < -0.4 is 10.6 Å². The molecule has 7 heterocycles. The second kappa shape index (κ2) is 17.4. The standard InChI is InChI=1S/C48H54N10O8/c1-63-47(61)55-41(27-9-13-65-14-10-27)45(59)57-37-18-30(37)20-39(57)43-50-22-34(53-43)26-5-3-25(4-6-26)29-7-8-32-33(17-29)49-23-35(52-32)36-24-51-44(54-36)40-21-31-19-38(31)58(40)46(60)42(56-48(62)64-2)28-11-15-66-16-12-28/h3-8,17,22-24,27-28,30-31,37-42H,9-16,18-21H2,1-2H3,(H,50,53)(H,51,54)(H,55,61)(H,56,62)/t30-,31-,37-,38-,39+,40+,41+,42+/m1/s1. The van der Waals surface area contributed by atoms with E-state index in [2.05, 4.69) is 44.9 Å². The maximum absolute atomic E-state index is 14.2. The zero-order valence-electron chi connectivity index (χ0n) is 37.0. The first kappa shape index (κ1) is 42.2. The third-order valence-electron chi connectivity index (χ3n) is 14.8. The number of carbonyl (C=O) groups excluding carboxylic acids is 4. The molecule has 0 unspecified atom stereocenters. The highest BCUT2D eigenvalue weighted by molar-refractivity contribution is 5.88. The predicted molar refractivity (Wildman–Crippen MR) is 238 cm³/mol. The Labute approximate surface area is 380 Å². The minimum absolute atomic E-state index is 0.0285. The molecular formula is C48H54N10O8. The molecule has 66 heavy (non-hydrogen) atoms. The number of aromatic nitrogens is 6. The molecule has 4 aliphatic heterocycles. The molecule has 4 saturated heterocycles. The average Bonchev–Trinajstić information content (AvgIpc) is 3.94. The van der Waals surface area contributed by atoms with Crippen LogP contribution in [-0.2, 0) is 28.5 Å². The van der Waals surface area contributed by atoms with Crippen LogP contribution in [0.1, 0.15) is 75.1 Å². The molecule has 4 amide bonds. The summed E-state index contributed by atoms with van der Waals surface area (Å²) in [5.41, 5.74) is 6.67. The van der Waals surface area contributed by atoms with Crippen molar-refractivity contribution in [3.8, 4) is 33.8 Å². The summed E-state index contributed by atoms with van der Waals surface area (Å²) in [5.74, 6) is 2.02. The van der Waals surface area contributed by atoms with Gasteiger partial charge in [0, 0.05) is 38.5 Å². The number of ether oxygens (including phenoxy) is 4. The minimum atomic E-state index is -0.698. The van der Waals surface area contributed by atoms with Crippen molar-refractivity contribution in [2.24, 2.45) is 23.7 Å². The molecule has 5 aromatic rings. The molecule has 0 bridgehead atoms. The van der Waals surface area contributed by atoms with E-state index < -0.39 is 24.3 Å². The Hall–Kier alpha value is -6.40. The fraction of sp³-hybridized carbons (Fsp3) is 0.500. The van der Waals surface area contributed by atoms with E-state index in [1.54, 1.807) is 12.4 Å². The number of rotatable bonds is 11. The van der Waals surface area contributed by atoms with E-state index in [0.717, 1.165) is 64.9 Å². The molecule has 2 saturated carbocycles. The highest BCUT2D eigenvalue weighted by atomic mass is 16.5. The van der Waals surface area contributed by atoms with Crippen LogP contribution in [0.3, 0.4) is 0 Å². The number of nitrogens with zero attached hydrogens (tertiary/aromatic N) is 6. The Morgan fingerprint density at radius 1 is 0.621 bits per heavy atom. The molecule has 6 fully saturated rings. The van der Waals surface area contributed by atoms with Gasteiger partial charge in [0.15, 0.2) is 0 Å². The van der Waals surface area contributed by atoms with Gasteiger partial charge in [-0.05, 0) is 104 Å². The molecule has 2 aromatic carbocycles. The number of methoxy groups -OCH3 is 2. The maximum Gasteiger partial charge on any atom is 0.407 e. The molecule has 4 N–H and O–H groups in total. The number of imidazole rings is 2. The van der Waals surface area contributed by atoms with E-state index in [9.17, 15) is 19.2 Å². The Morgan fingerprint density at radius 3 is 1.67 bits per heavy atom. The number of likely N-dealkylation sites (tertiary alicyclic amines) is 2. The lowest BCUT2D eigenvalue weighted by atomic mass is 9.90. The van der Waals surface area contributed by atoms with Crippen LogP contribution in [0.15, 0.2) is 61.1 Å². The third kappa shape index (κ3) is 8.03. The summed E-state index contributed by atoms with van der Waals surface area (Å²) < 4.78 is 20.9. The van der Waals surface area contributed by atoms with E-state index in [1.165, 1.54) is 14.2 Å². The van der Waals surface area contributed by atoms with Crippen LogP contribution in [0, 0.1) is 23.7 Å². The summed E-state index contributed by atoms with van der Waals surface area (Å²) in [4.78, 5) is 83.4. The van der Waals surface area contributed by atoms with E-state index in [4.69, 9.17) is 38.9 Å². The number of H-pyrrole nitrogens is 2. The molecule has 6 aliphatic rings. The fourth-order valence-electron chi connectivity index (χ4n) is 11.0. The highest BCUT2D eigenvalue weighted by Crippen LogP contribution is 2.55. The molecular weight excluding hydrogens is 845 g/mol. The molecule has 344 valence electrons. The van der Waals surface area contributed by atoms with Crippen molar-refractivity contribution in [2.75, 3.05) is 40.6 Å². The second-order valence-electron chi connectivity index (χ2n) is 18.6. The number of amides is 4. The van der Waals surface area contributed by atoms with Crippen molar-refractivity contribution in [3.63, 3.8) is 0 Å². The van der Waals surface area contributed by atoms with Gasteiger partial charge in [0.25, 0.3) is 0 Å². The first-order valence-electron chi connectivity index (χ1n) is 23.2. The Bertz CT molecular complexity index is 2640. The van der Waals surface area contributed by atoms with Crippen molar-refractivity contribution in [2.45, 2.75) is 87.6 Å². The summed E-state index contributed by atoms with van der Waals surface area (Å²) in [6, 6.07) is 12.7. The Morgan fingerprint density at radius 2 is 1.12 bits per heavy atom. The van der Waals surface area contributed by atoms with Crippen molar-refractivity contribution in [3.05, 3.63) is 72.7 Å². The highest BCUT2D eigenvalue weighted by Gasteiger charge is 2.58. The molecule has 18 heteroatoms. The van der Waals surface area contributed by atoms with Crippen LogP contribution in [0.2, 0.25) is 0 Å². The number of hydrogen-bond acceptors (Lipinski definition) is 12. The van der Waals surface area contributed by atoms with Crippen LogP contribution in [-0.4, -0.2) is 129 Å². The number of fused-ring (bicyclic) bond motifs is 3. The van der Waals surface area contributed by atoms with E-state index in [0.29, 0.717) is 81.2 Å². The zero-order valence-corrected chi connectivity index (χ0v) is 37.0. The van der Waals surface area contributed by atoms with E-state index in [-0.39, 0.29) is 47.8 Å². The van der Waals surface area contributed by atoms with Crippen LogP contribution in [0.25, 0.3) is 44.8 Å². The summed E-state index contributed by atoms with van der Waals surface area (Å²) >= 11 is 0. The van der Waals surface area contributed by atoms with Gasteiger partial charge in [-0.15, -0.1) is 0 Å². The van der Waals surface area contributed by atoms with Gasteiger partial charge in [0.1, 0.15) is 29.4 Å². The van der Waals surface area contributed by atoms with Gasteiger partial charge in [0.05, 0.1) is 67.3 Å². The largest absolute Gasteiger partial charge is 0.453 e. The van der Waals surface area contributed by atoms with Crippen LogP contribution >= 0.6 is 0 Å². The number of carbonyl (C=O) groups is 4. The van der Waals surface area contributed by atoms with Crippen LogP contribution in [0.4, 0.5) is 9.59 Å².